The number of fused-ring (bicyclic) bond motifs is 2. The van der Waals surface area contributed by atoms with Crippen LogP contribution in [0.4, 0.5) is 10.1 Å². The first-order valence-corrected chi connectivity index (χ1v) is 9.94. The molecule has 3 fully saturated rings. The molecule has 138 valence electrons. The number of nitrogens with one attached hydrogen (secondary N) is 1. The Bertz CT molecular complexity index is 938. The van der Waals surface area contributed by atoms with Gasteiger partial charge in [0.2, 0.25) is 0 Å². The summed E-state index contributed by atoms with van der Waals surface area (Å²) in [5.41, 5.74) is 1.68. The fourth-order valence-corrected chi connectivity index (χ4v) is 5.14. The lowest BCUT2D eigenvalue weighted by Crippen LogP contribution is -2.40. The van der Waals surface area contributed by atoms with Crippen molar-refractivity contribution in [2.75, 3.05) is 24.5 Å². The minimum absolute atomic E-state index is 0.124. The molecule has 0 bridgehead atoms. The number of hydrogen-bond acceptors (Lipinski definition) is 3. The van der Waals surface area contributed by atoms with E-state index in [0.29, 0.717) is 45.2 Å². The summed E-state index contributed by atoms with van der Waals surface area (Å²) in [7, 11) is 0. The highest BCUT2D eigenvalue weighted by molar-refractivity contribution is 6.38. The van der Waals surface area contributed by atoms with E-state index >= 15 is 4.39 Å². The number of pyridine rings is 1. The Labute approximate surface area is 156 Å². The maximum Gasteiger partial charge on any atom is 0.192 e. The molecular weight excluding hydrogens is 353 g/mol. The molecule has 0 unspecified atom stereocenters. The highest BCUT2D eigenvalue weighted by atomic mass is 35.5. The Morgan fingerprint density at radius 1 is 1.27 bits per heavy atom. The number of aromatic nitrogens is 1. The van der Waals surface area contributed by atoms with Gasteiger partial charge in [0.15, 0.2) is 5.43 Å². The summed E-state index contributed by atoms with van der Waals surface area (Å²) in [6.45, 7) is 4.41. The van der Waals surface area contributed by atoms with Crippen LogP contribution in [0, 0.1) is 18.7 Å². The van der Waals surface area contributed by atoms with Crippen molar-refractivity contribution in [3.8, 4) is 0 Å². The number of hydrogen-bond donors (Lipinski definition) is 1. The van der Waals surface area contributed by atoms with Gasteiger partial charge in [0, 0.05) is 36.9 Å². The van der Waals surface area contributed by atoms with Crippen LogP contribution in [0.15, 0.2) is 17.1 Å². The number of nitrogens with zero attached hydrogens (tertiary/aromatic N) is 2. The second-order valence-electron chi connectivity index (χ2n) is 8.06. The van der Waals surface area contributed by atoms with Gasteiger partial charge in [-0.25, -0.2) is 4.39 Å². The molecule has 1 saturated carbocycles. The van der Waals surface area contributed by atoms with E-state index in [1.807, 2.05) is 6.20 Å². The summed E-state index contributed by atoms with van der Waals surface area (Å²) in [5, 5.41) is 4.34. The van der Waals surface area contributed by atoms with Crippen LogP contribution >= 0.6 is 11.6 Å². The van der Waals surface area contributed by atoms with Crippen LogP contribution in [0.1, 0.15) is 37.3 Å². The van der Waals surface area contributed by atoms with Crippen molar-refractivity contribution >= 4 is 28.2 Å². The second kappa shape index (κ2) is 5.96. The van der Waals surface area contributed by atoms with Gasteiger partial charge < -0.3 is 14.8 Å². The number of aryl methyl sites for hydroxylation is 1. The molecular formula is C20H23ClFN3O. The first kappa shape index (κ1) is 16.6. The van der Waals surface area contributed by atoms with Gasteiger partial charge in [0.1, 0.15) is 5.82 Å². The molecule has 1 aromatic heterocycles. The predicted molar refractivity (Wildman–Crippen MR) is 103 cm³/mol. The quantitative estimate of drug-likeness (QED) is 0.871. The SMILES string of the molecule is Cc1cn(C2CC2)c2c(Cl)c(N3C[C@@H]4CCCN[C@@H]4C3)c(F)cc2c1=O. The van der Waals surface area contributed by atoms with E-state index in [1.54, 1.807) is 6.92 Å². The van der Waals surface area contributed by atoms with Crippen molar-refractivity contribution in [1.29, 1.82) is 0 Å². The lowest BCUT2D eigenvalue weighted by molar-refractivity contribution is 0.340. The molecule has 2 saturated heterocycles. The summed E-state index contributed by atoms with van der Waals surface area (Å²) in [5.74, 6) is 0.157. The van der Waals surface area contributed by atoms with Crippen LogP contribution in [0.5, 0.6) is 0 Å². The molecule has 1 aliphatic carbocycles. The summed E-state index contributed by atoms with van der Waals surface area (Å²) in [4.78, 5) is 14.7. The molecule has 3 heterocycles. The van der Waals surface area contributed by atoms with E-state index in [2.05, 4.69) is 14.8 Å². The van der Waals surface area contributed by atoms with Crippen molar-refractivity contribution in [3.05, 3.63) is 38.9 Å². The molecule has 2 aliphatic heterocycles. The molecule has 2 aromatic rings. The Kier molecular flexibility index (Phi) is 3.80. The first-order valence-electron chi connectivity index (χ1n) is 9.56. The molecule has 1 aromatic carbocycles. The van der Waals surface area contributed by atoms with Crippen LogP contribution < -0.4 is 15.6 Å². The fourth-order valence-electron chi connectivity index (χ4n) is 4.73. The maximum atomic E-state index is 15.1. The molecule has 6 heteroatoms. The van der Waals surface area contributed by atoms with Crippen LogP contribution in [0.3, 0.4) is 0 Å². The van der Waals surface area contributed by atoms with Crippen LogP contribution in [-0.4, -0.2) is 30.2 Å². The maximum absolute atomic E-state index is 15.1. The van der Waals surface area contributed by atoms with E-state index in [-0.39, 0.29) is 11.2 Å². The molecule has 3 aliphatic rings. The second-order valence-corrected chi connectivity index (χ2v) is 8.44. The Morgan fingerprint density at radius 3 is 2.81 bits per heavy atom. The van der Waals surface area contributed by atoms with Crippen molar-refractivity contribution < 1.29 is 4.39 Å². The monoisotopic (exact) mass is 375 g/mol. The van der Waals surface area contributed by atoms with Crippen molar-refractivity contribution in [2.45, 2.75) is 44.7 Å². The van der Waals surface area contributed by atoms with Crippen molar-refractivity contribution in [2.24, 2.45) is 5.92 Å². The average molecular weight is 376 g/mol. The number of piperidine rings is 1. The molecule has 1 N–H and O–H groups in total. The third-order valence-corrected chi connectivity index (χ3v) is 6.58. The normalized spacial score (nSPS) is 25.7. The lowest BCUT2D eigenvalue weighted by Gasteiger charge is -2.24. The minimum Gasteiger partial charge on any atom is -0.366 e. The number of rotatable bonds is 2. The lowest BCUT2D eigenvalue weighted by atomic mass is 9.94. The minimum atomic E-state index is -0.383. The van der Waals surface area contributed by atoms with Crippen LogP contribution in [-0.2, 0) is 0 Å². The molecule has 0 spiro atoms. The molecule has 0 amide bonds. The molecule has 0 radical (unpaired) electrons. The Balaban J connectivity index is 1.68. The summed E-state index contributed by atoms with van der Waals surface area (Å²) >= 11 is 6.76. The third kappa shape index (κ3) is 2.48. The van der Waals surface area contributed by atoms with Crippen molar-refractivity contribution in [3.63, 3.8) is 0 Å². The standard InChI is InChI=1S/C20H23ClFN3O/c1-11-8-25(13-4-5-13)18-14(20(11)26)7-15(22)19(17(18)21)24-9-12-3-2-6-23-16(12)10-24/h7-8,12-13,16,23H,2-6,9-10H2,1H3/t12-,16+/m0/s1. The Hall–Kier alpha value is -1.59. The topological polar surface area (TPSA) is 37.3 Å². The predicted octanol–water partition coefficient (Wildman–Crippen LogP) is 3.63. The zero-order valence-corrected chi connectivity index (χ0v) is 15.7. The summed E-state index contributed by atoms with van der Waals surface area (Å²) in [6, 6.07) is 2.18. The van der Waals surface area contributed by atoms with Crippen LogP contribution in [0.2, 0.25) is 5.02 Å². The van der Waals surface area contributed by atoms with Gasteiger partial charge in [-0.3, -0.25) is 4.79 Å². The summed E-state index contributed by atoms with van der Waals surface area (Å²) < 4.78 is 17.2. The molecule has 2 atom stereocenters. The molecule has 26 heavy (non-hydrogen) atoms. The zero-order chi connectivity index (χ0) is 18.0. The first-order chi connectivity index (χ1) is 12.5. The highest BCUT2D eigenvalue weighted by Gasteiger charge is 2.37. The number of anilines is 1. The third-order valence-electron chi connectivity index (χ3n) is 6.22. The Morgan fingerprint density at radius 2 is 2.08 bits per heavy atom. The van der Waals surface area contributed by atoms with E-state index in [0.717, 1.165) is 32.5 Å². The van der Waals surface area contributed by atoms with E-state index in [4.69, 9.17) is 11.6 Å². The highest BCUT2D eigenvalue weighted by Crippen LogP contribution is 2.43. The van der Waals surface area contributed by atoms with Gasteiger partial charge in [0.05, 0.1) is 21.6 Å². The van der Waals surface area contributed by atoms with E-state index in [1.165, 1.54) is 18.9 Å². The smallest absolute Gasteiger partial charge is 0.192 e. The molecule has 4 nitrogen and oxygen atoms in total. The fraction of sp³-hybridized carbons (Fsp3) is 0.550. The summed E-state index contributed by atoms with van der Waals surface area (Å²) in [6.07, 6.45) is 6.40. The van der Waals surface area contributed by atoms with Crippen molar-refractivity contribution in [1.82, 2.24) is 9.88 Å². The van der Waals surface area contributed by atoms with Gasteiger partial charge in [-0.15, -0.1) is 0 Å². The van der Waals surface area contributed by atoms with Gasteiger partial charge in [-0.1, -0.05) is 11.6 Å². The number of halogens is 2. The van der Waals surface area contributed by atoms with Gasteiger partial charge in [0.25, 0.3) is 0 Å². The molecule has 5 rings (SSSR count). The van der Waals surface area contributed by atoms with E-state index in [9.17, 15) is 4.79 Å². The van der Waals surface area contributed by atoms with Gasteiger partial charge in [-0.05, 0) is 51.1 Å². The average Bonchev–Trinajstić information content (AvgIpc) is 3.37. The number of benzene rings is 1. The van der Waals surface area contributed by atoms with E-state index < -0.39 is 0 Å². The van der Waals surface area contributed by atoms with Gasteiger partial charge in [-0.2, -0.15) is 0 Å². The van der Waals surface area contributed by atoms with Gasteiger partial charge >= 0.3 is 0 Å². The largest absolute Gasteiger partial charge is 0.366 e. The van der Waals surface area contributed by atoms with Crippen LogP contribution in [0.25, 0.3) is 10.9 Å². The zero-order valence-electron chi connectivity index (χ0n) is 14.9.